The molecular weight excluding hydrogens is 318 g/mol. The van der Waals surface area contributed by atoms with Crippen LogP contribution in [0.4, 0.5) is 0 Å². The number of hydrogen-bond acceptors (Lipinski definition) is 2. The molecule has 1 atom stereocenters. The Labute approximate surface area is 127 Å². The Morgan fingerprint density at radius 2 is 2.25 bits per heavy atom. The van der Waals surface area contributed by atoms with Crippen molar-refractivity contribution in [3.63, 3.8) is 0 Å². The molecule has 2 aromatic heterocycles. The Hall–Kier alpha value is -1.07. The van der Waals surface area contributed by atoms with Crippen LogP contribution >= 0.6 is 15.9 Å². The zero-order valence-electron chi connectivity index (χ0n) is 11.9. The van der Waals surface area contributed by atoms with Gasteiger partial charge in [-0.05, 0) is 54.6 Å². The lowest BCUT2D eigenvalue weighted by Gasteiger charge is -2.16. The second kappa shape index (κ2) is 5.37. The fourth-order valence-corrected chi connectivity index (χ4v) is 3.42. The number of hydrogen-bond donors (Lipinski definition) is 1. The van der Waals surface area contributed by atoms with Crippen LogP contribution in [0.1, 0.15) is 48.4 Å². The monoisotopic (exact) mass is 337 g/mol. The van der Waals surface area contributed by atoms with Gasteiger partial charge < -0.3 is 9.67 Å². The van der Waals surface area contributed by atoms with Crippen LogP contribution in [-0.4, -0.2) is 19.5 Å². The average molecular weight is 338 g/mol. The molecule has 1 N–H and O–H groups in total. The van der Waals surface area contributed by atoms with Gasteiger partial charge in [-0.3, -0.25) is 4.68 Å². The van der Waals surface area contributed by atoms with Crippen molar-refractivity contribution in [1.29, 1.82) is 0 Å². The van der Waals surface area contributed by atoms with Crippen LogP contribution in [0, 0.1) is 6.92 Å². The molecule has 0 aliphatic heterocycles. The predicted octanol–water partition coefficient (Wildman–Crippen LogP) is 3.19. The lowest BCUT2D eigenvalue weighted by Crippen LogP contribution is -2.07. The molecule has 0 saturated carbocycles. The number of aryl methyl sites for hydroxylation is 3. The maximum atomic E-state index is 10.1. The van der Waals surface area contributed by atoms with E-state index in [9.17, 15) is 5.11 Å². The molecule has 108 valence electrons. The van der Waals surface area contributed by atoms with Crippen LogP contribution in [0.3, 0.4) is 0 Å². The van der Waals surface area contributed by atoms with Crippen LogP contribution in [0.15, 0.2) is 16.9 Å². The van der Waals surface area contributed by atoms with Crippen molar-refractivity contribution in [2.45, 2.75) is 52.3 Å². The number of fused-ring (bicyclic) bond motifs is 1. The second-order valence-corrected chi connectivity index (χ2v) is 6.27. The van der Waals surface area contributed by atoms with E-state index in [1.54, 1.807) is 0 Å². The molecule has 1 aliphatic rings. The van der Waals surface area contributed by atoms with Crippen LogP contribution < -0.4 is 0 Å². The lowest BCUT2D eigenvalue weighted by molar-refractivity contribution is 0.157. The number of aliphatic hydroxyl groups excluding tert-OH is 1. The minimum absolute atomic E-state index is 0.290. The van der Waals surface area contributed by atoms with Crippen molar-refractivity contribution in [2.24, 2.45) is 0 Å². The SMILES string of the molecule is CCn1nc(C)c(Br)c1Cn1cc2c(c1)C(O)CCC2. The number of aromatic nitrogens is 3. The van der Waals surface area contributed by atoms with E-state index in [4.69, 9.17) is 0 Å². The van der Waals surface area contributed by atoms with Gasteiger partial charge in [-0.15, -0.1) is 0 Å². The summed E-state index contributed by atoms with van der Waals surface area (Å²) in [7, 11) is 0. The smallest absolute Gasteiger partial charge is 0.0807 e. The molecule has 0 spiro atoms. The molecule has 0 radical (unpaired) electrons. The van der Waals surface area contributed by atoms with Gasteiger partial charge in [0.05, 0.1) is 28.5 Å². The van der Waals surface area contributed by atoms with Crippen molar-refractivity contribution in [1.82, 2.24) is 14.3 Å². The third kappa shape index (κ3) is 2.33. The van der Waals surface area contributed by atoms with Gasteiger partial charge in [-0.2, -0.15) is 5.10 Å². The molecule has 4 nitrogen and oxygen atoms in total. The first-order chi connectivity index (χ1) is 9.60. The summed E-state index contributed by atoms with van der Waals surface area (Å²) in [6.07, 6.45) is 7.01. The predicted molar refractivity (Wildman–Crippen MR) is 81.8 cm³/mol. The van der Waals surface area contributed by atoms with Crippen molar-refractivity contribution < 1.29 is 5.11 Å². The molecule has 1 aliphatic carbocycles. The van der Waals surface area contributed by atoms with E-state index in [0.717, 1.165) is 48.1 Å². The van der Waals surface area contributed by atoms with Crippen LogP contribution in [-0.2, 0) is 19.5 Å². The summed E-state index contributed by atoms with van der Waals surface area (Å²) in [4.78, 5) is 0. The van der Waals surface area contributed by atoms with E-state index in [-0.39, 0.29) is 6.10 Å². The molecule has 0 aromatic carbocycles. The lowest BCUT2D eigenvalue weighted by atomic mass is 9.93. The highest BCUT2D eigenvalue weighted by atomic mass is 79.9. The third-order valence-electron chi connectivity index (χ3n) is 4.07. The zero-order valence-corrected chi connectivity index (χ0v) is 13.5. The van der Waals surface area contributed by atoms with Crippen molar-refractivity contribution in [2.75, 3.05) is 0 Å². The van der Waals surface area contributed by atoms with Crippen molar-refractivity contribution in [3.05, 3.63) is 39.4 Å². The van der Waals surface area contributed by atoms with Crippen LogP contribution in [0.25, 0.3) is 0 Å². The highest BCUT2D eigenvalue weighted by Crippen LogP contribution is 2.31. The standard InChI is InChI=1S/C15H20BrN3O/c1-3-19-13(15(16)10(2)17-19)9-18-7-11-5-4-6-14(20)12(11)8-18/h7-8,14,20H,3-6,9H2,1-2H3. The fraction of sp³-hybridized carbons (Fsp3) is 0.533. The third-order valence-corrected chi connectivity index (χ3v) is 5.10. The van der Waals surface area contributed by atoms with Gasteiger partial charge in [0.25, 0.3) is 0 Å². The maximum absolute atomic E-state index is 10.1. The molecule has 5 heteroatoms. The second-order valence-electron chi connectivity index (χ2n) is 5.48. The number of nitrogens with zero attached hydrogens (tertiary/aromatic N) is 3. The Balaban J connectivity index is 1.92. The molecule has 0 fully saturated rings. The van der Waals surface area contributed by atoms with Gasteiger partial charge in [-0.1, -0.05) is 0 Å². The molecule has 0 amide bonds. The Kier molecular flexibility index (Phi) is 3.73. The van der Waals surface area contributed by atoms with Gasteiger partial charge >= 0.3 is 0 Å². The summed E-state index contributed by atoms with van der Waals surface area (Å²) in [6, 6.07) is 0. The highest BCUT2D eigenvalue weighted by molar-refractivity contribution is 9.10. The Morgan fingerprint density at radius 3 is 2.95 bits per heavy atom. The largest absolute Gasteiger partial charge is 0.388 e. The van der Waals surface area contributed by atoms with Gasteiger partial charge in [0.15, 0.2) is 0 Å². The van der Waals surface area contributed by atoms with Gasteiger partial charge in [0.2, 0.25) is 0 Å². The first kappa shape index (κ1) is 13.9. The average Bonchev–Trinajstić information content (AvgIpc) is 2.96. The summed E-state index contributed by atoms with van der Waals surface area (Å²) in [5, 5.41) is 14.6. The van der Waals surface area contributed by atoms with Crippen LogP contribution in [0.2, 0.25) is 0 Å². The topological polar surface area (TPSA) is 43.0 Å². The highest BCUT2D eigenvalue weighted by Gasteiger charge is 2.21. The van der Waals surface area contributed by atoms with Crippen molar-refractivity contribution in [3.8, 4) is 0 Å². The quantitative estimate of drug-likeness (QED) is 0.934. The Morgan fingerprint density at radius 1 is 1.45 bits per heavy atom. The van der Waals surface area contributed by atoms with E-state index in [2.05, 4.69) is 44.9 Å². The Bertz CT molecular complexity index is 629. The minimum atomic E-state index is -0.290. The first-order valence-corrected chi connectivity index (χ1v) is 7.97. The molecule has 2 aromatic rings. The van der Waals surface area contributed by atoms with E-state index >= 15 is 0 Å². The summed E-state index contributed by atoms with van der Waals surface area (Å²) in [5.74, 6) is 0. The van der Waals surface area contributed by atoms with E-state index in [1.165, 1.54) is 11.3 Å². The molecule has 2 heterocycles. The molecule has 3 rings (SSSR count). The minimum Gasteiger partial charge on any atom is -0.388 e. The first-order valence-electron chi connectivity index (χ1n) is 7.18. The van der Waals surface area contributed by atoms with Gasteiger partial charge in [0, 0.05) is 24.5 Å². The molecule has 0 saturated heterocycles. The van der Waals surface area contributed by atoms with E-state index < -0.39 is 0 Å². The molecule has 20 heavy (non-hydrogen) atoms. The van der Waals surface area contributed by atoms with E-state index in [1.807, 2.05) is 11.6 Å². The van der Waals surface area contributed by atoms with Gasteiger partial charge in [-0.25, -0.2) is 0 Å². The summed E-state index contributed by atoms with van der Waals surface area (Å²) in [6.45, 7) is 5.78. The molecule has 0 bridgehead atoms. The summed E-state index contributed by atoms with van der Waals surface area (Å²) in [5.41, 5.74) is 4.61. The molecule has 1 unspecified atom stereocenters. The summed E-state index contributed by atoms with van der Waals surface area (Å²) >= 11 is 3.64. The maximum Gasteiger partial charge on any atom is 0.0807 e. The van der Waals surface area contributed by atoms with Gasteiger partial charge in [0.1, 0.15) is 0 Å². The molecular formula is C15H20BrN3O. The fourth-order valence-electron chi connectivity index (χ4n) is 3.01. The van der Waals surface area contributed by atoms with E-state index in [0.29, 0.717) is 0 Å². The van der Waals surface area contributed by atoms with Crippen molar-refractivity contribution >= 4 is 15.9 Å². The number of aliphatic hydroxyl groups is 1. The zero-order chi connectivity index (χ0) is 14.3. The normalized spacial score (nSPS) is 18.3. The number of rotatable bonds is 3. The summed E-state index contributed by atoms with van der Waals surface area (Å²) < 4.78 is 5.30. The van der Waals surface area contributed by atoms with Crippen LogP contribution in [0.5, 0.6) is 0 Å². The number of halogens is 1.